The molecule has 7 heteroatoms. The maximum absolute atomic E-state index is 13.9. The van der Waals surface area contributed by atoms with Crippen LogP contribution in [0, 0.1) is 11.6 Å². The van der Waals surface area contributed by atoms with Crippen LogP contribution in [0.1, 0.15) is 34.5 Å². The summed E-state index contributed by atoms with van der Waals surface area (Å²) >= 11 is 0. The number of nitrogens with two attached hydrogens (primary N) is 1. The summed E-state index contributed by atoms with van der Waals surface area (Å²) in [5.74, 6) is -1.45. The normalized spacial score (nSPS) is 13.3. The molecule has 1 aromatic carbocycles. The fourth-order valence-electron chi connectivity index (χ4n) is 2.48. The van der Waals surface area contributed by atoms with Gasteiger partial charge in [-0.25, -0.2) is 8.78 Å². The highest BCUT2D eigenvalue weighted by Crippen LogP contribution is 2.30. The van der Waals surface area contributed by atoms with Crippen LogP contribution in [0.25, 0.3) is 0 Å². The minimum Gasteiger partial charge on any atom is -0.331 e. The van der Waals surface area contributed by atoms with Crippen molar-refractivity contribution >= 4 is 18.3 Å². The Labute approximate surface area is 145 Å². The number of pyridine rings is 1. The van der Waals surface area contributed by atoms with E-state index in [0.717, 1.165) is 18.9 Å². The molecule has 128 valence electrons. The second-order valence-electron chi connectivity index (χ2n) is 5.64. The van der Waals surface area contributed by atoms with Crippen LogP contribution >= 0.6 is 12.4 Å². The summed E-state index contributed by atoms with van der Waals surface area (Å²) < 4.78 is 26.9. The number of hydrogen-bond donors (Lipinski definition) is 1. The average Bonchev–Trinajstić information content (AvgIpc) is 3.38. The molecule has 0 aliphatic heterocycles. The lowest BCUT2D eigenvalue weighted by Gasteiger charge is -2.23. The van der Waals surface area contributed by atoms with Crippen molar-refractivity contribution in [2.75, 3.05) is 0 Å². The quantitative estimate of drug-likeness (QED) is 0.898. The van der Waals surface area contributed by atoms with E-state index in [0.29, 0.717) is 16.8 Å². The third-order valence-corrected chi connectivity index (χ3v) is 3.88. The van der Waals surface area contributed by atoms with E-state index in [4.69, 9.17) is 5.73 Å². The van der Waals surface area contributed by atoms with Crippen molar-refractivity contribution in [1.82, 2.24) is 9.88 Å². The molecule has 0 atom stereocenters. The molecule has 0 saturated heterocycles. The van der Waals surface area contributed by atoms with E-state index in [-0.39, 0.29) is 37.4 Å². The van der Waals surface area contributed by atoms with Gasteiger partial charge in [0.1, 0.15) is 11.6 Å². The first-order valence-electron chi connectivity index (χ1n) is 7.48. The van der Waals surface area contributed by atoms with Gasteiger partial charge in [-0.2, -0.15) is 0 Å². The summed E-state index contributed by atoms with van der Waals surface area (Å²) in [6.45, 7) is 0.368. The standard InChI is InChI=1S/C17H17F2N3O.ClH/c18-13-2-1-12(16(19)8-13)10-22(15-3-4-15)17(23)11-5-6-21-14(7-11)9-20;/h1-2,5-8,15H,3-4,9-10,20H2;1H. The first-order valence-corrected chi connectivity index (χ1v) is 7.48. The summed E-state index contributed by atoms with van der Waals surface area (Å²) in [7, 11) is 0. The van der Waals surface area contributed by atoms with Gasteiger partial charge in [-0.3, -0.25) is 9.78 Å². The SMILES string of the molecule is Cl.NCc1cc(C(=O)N(Cc2ccc(F)cc2F)C2CC2)ccn1. The second-order valence-corrected chi connectivity index (χ2v) is 5.64. The van der Waals surface area contributed by atoms with Crippen LogP contribution in [0.2, 0.25) is 0 Å². The lowest BCUT2D eigenvalue weighted by atomic mass is 10.1. The molecule has 1 aliphatic carbocycles. The molecule has 1 aliphatic rings. The van der Waals surface area contributed by atoms with Crippen molar-refractivity contribution in [2.45, 2.75) is 32.0 Å². The van der Waals surface area contributed by atoms with Crippen molar-refractivity contribution < 1.29 is 13.6 Å². The van der Waals surface area contributed by atoms with E-state index in [2.05, 4.69) is 4.98 Å². The molecule has 0 unspecified atom stereocenters. The highest BCUT2D eigenvalue weighted by atomic mass is 35.5. The molecule has 0 spiro atoms. The Morgan fingerprint density at radius 1 is 1.25 bits per heavy atom. The molecule has 1 amide bonds. The van der Waals surface area contributed by atoms with Crippen molar-refractivity contribution in [3.8, 4) is 0 Å². The van der Waals surface area contributed by atoms with Gasteiger partial charge in [0.2, 0.25) is 0 Å². The van der Waals surface area contributed by atoms with Crippen LogP contribution in [-0.4, -0.2) is 21.8 Å². The maximum atomic E-state index is 13.9. The fourth-order valence-corrected chi connectivity index (χ4v) is 2.48. The van der Waals surface area contributed by atoms with E-state index >= 15 is 0 Å². The zero-order valence-electron chi connectivity index (χ0n) is 12.9. The monoisotopic (exact) mass is 353 g/mol. The molecular formula is C17H18ClF2N3O. The highest BCUT2D eigenvalue weighted by molar-refractivity contribution is 5.94. The third kappa shape index (κ3) is 4.07. The number of rotatable bonds is 5. The first-order chi connectivity index (χ1) is 11.1. The highest BCUT2D eigenvalue weighted by Gasteiger charge is 2.33. The summed E-state index contributed by atoms with van der Waals surface area (Å²) in [5, 5.41) is 0. The van der Waals surface area contributed by atoms with Gasteiger partial charge < -0.3 is 10.6 Å². The smallest absolute Gasteiger partial charge is 0.254 e. The van der Waals surface area contributed by atoms with Crippen LogP contribution in [0.15, 0.2) is 36.5 Å². The van der Waals surface area contributed by atoms with Crippen molar-refractivity contribution in [2.24, 2.45) is 5.73 Å². The predicted molar refractivity (Wildman–Crippen MR) is 88.6 cm³/mol. The van der Waals surface area contributed by atoms with Crippen molar-refractivity contribution in [3.05, 3.63) is 65.0 Å². The van der Waals surface area contributed by atoms with Gasteiger partial charge in [0.15, 0.2) is 0 Å². The Bertz CT molecular complexity index is 738. The van der Waals surface area contributed by atoms with Gasteiger partial charge in [-0.05, 0) is 31.0 Å². The third-order valence-electron chi connectivity index (χ3n) is 3.88. The number of nitrogens with zero attached hydrogens (tertiary/aromatic N) is 2. The van der Waals surface area contributed by atoms with Crippen LogP contribution in [-0.2, 0) is 13.1 Å². The number of carbonyl (C=O) groups is 1. The van der Waals surface area contributed by atoms with Gasteiger partial charge in [0.05, 0.1) is 5.69 Å². The molecule has 3 rings (SSSR count). The lowest BCUT2D eigenvalue weighted by Crippen LogP contribution is -2.33. The molecular weight excluding hydrogens is 336 g/mol. The van der Waals surface area contributed by atoms with Crippen molar-refractivity contribution in [1.29, 1.82) is 0 Å². The van der Waals surface area contributed by atoms with E-state index in [1.54, 1.807) is 23.2 Å². The molecule has 2 aromatic rings. The number of benzene rings is 1. The minimum atomic E-state index is -0.638. The number of carbonyl (C=O) groups excluding carboxylic acids is 1. The van der Waals surface area contributed by atoms with E-state index in [1.165, 1.54) is 12.1 Å². The van der Waals surface area contributed by atoms with Crippen LogP contribution in [0.3, 0.4) is 0 Å². The predicted octanol–water partition coefficient (Wildman–Crippen LogP) is 3.05. The largest absolute Gasteiger partial charge is 0.331 e. The molecule has 24 heavy (non-hydrogen) atoms. The summed E-state index contributed by atoms with van der Waals surface area (Å²) in [4.78, 5) is 18.4. The molecule has 1 fully saturated rings. The van der Waals surface area contributed by atoms with Gasteiger partial charge in [-0.1, -0.05) is 6.07 Å². The molecule has 0 radical (unpaired) electrons. The van der Waals surface area contributed by atoms with Crippen LogP contribution in [0.4, 0.5) is 8.78 Å². The second kappa shape index (κ2) is 7.68. The summed E-state index contributed by atoms with van der Waals surface area (Å²) in [6, 6.07) is 6.79. The molecule has 4 nitrogen and oxygen atoms in total. The number of hydrogen-bond acceptors (Lipinski definition) is 3. The number of aromatic nitrogens is 1. The fraction of sp³-hybridized carbons (Fsp3) is 0.294. The number of halogens is 3. The Kier molecular flexibility index (Phi) is 5.85. The topological polar surface area (TPSA) is 59.2 Å². The van der Waals surface area contributed by atoms with Gasteiger partial charge in [-0.15, -0.1) is 12.4 Å². The number of amides is 1. The van der Waals surface area contributed by atoms with E-state index in [1.807, 2.05) is 0 Å². The first kappa shape index (κ1) is 18.3. The molecule has 1 heterocycles. The summed E-state index contributed by atoms with van der Waals surface area (Å²) in [5.41, 5.74) is 6.96. The van der Waals surface area contributed by atoms with Crippen molar-refractivity contribution in [3.63, 3.8) is 0 Å². The molecule has 0 bridgehead atoms. The van der Waals surface area contributed by atoms with Gasteiger partial charge in [0, 0.05) is 42.5 Å². The lowest BCUT2D eigenvalue weighted by molar-refractivity contribution is 0.0728. The Morgan fingerprint density at radius 2 is 2.00 bits per heavy atom. The van der Waals surface area contributed by atoms with Gasteiger partial charge in [0.25, 0.3) is 5.91 Å². The van der Waals surface area contributed by atoms with Crippen LogP contribution in [0.5, 0.6) is 0 Å². The molecule has 2 N–H and O–H groups in total. The maximum Gasteiger partial charge on any atom is 0.254 e. The summed E-state index contributed by atoms with van der Waals surface area (Å²) in [6.07, 6.45) is 3.33. The van der Waals surface area contributed by atoms with E-state index < -0.39 is 11.6 Å². The minimum absolute atomic E-state index is 0. The van der Waals surface area contributed by atoms with E-state index in [9.17, 15) is 13.6 Å². The Morgan fingerprint density at radius 3 is 2.62 bits per heavy atom. The molecule has 1 saturated carbocycles. The van der Waals surface area contributed by atoms with Gasteiger partial charge >= 0.3 is 0 Å². The Hall–Kier alpha value is -2.05. The average molecular weight is 354 g/mol. The zero-order chi connectivity index (χ0) is 16.4. The molecule has 1 aromatic heterocycles. The Balaban J connectivity index is 0.00000208. The van der Waals surface area contributed by atoms with Crippen LogP contribution < -0.4 is 5.73 Å². The zero-order valence-corrected chi connectivity index (χ0v) is 13.7.